The third kappa shape index (κ3) is 2.10. The molecular weight excluding hydrogens is 250 g/mol. The van der Waals surface area contributed by atoms with Crippen molar-refractivity contribution in [2.75, 3.05) is 5.73 Å². The SMILES string of the molecule is N#Cc1ccc(-n2cncc2-c2ccnc(N)c2)cc1. The van der Waals surface area contributed by atoms with Gasteiger partial charge in [-0.1, -0.05) is 0 Å². The molecule has 3 aromatic rings. The van der Waals surface area contributed by atoms with E-state index in [4.69, 9.17) is 11.0 Å². The van der Waals surface area contributed by atoms with E-state index < -0.39 is 0 Å². The molecule has 0 fully saturated rings. The summed E-state index contributed by atoms with van der Waals surface area (Å²) < 4.78 is 1.94. The zero-order valence-electron chi connectivity index (χ0n) is 10.6. The third-order valence-electron chi connectivity index (χ3n) is 2.99. The highest BCUT2D eigenvalue weighted by atomic mass is 15.0. The third-order valence-corrected chi connectivity index (χ3v) is 2.99. The number of rotatable bonds is 2. The second-order valence-corrected chi connectivity index (χ2v) is 4.28. The van der Waals surface area contributed by atoms with E-state index in [1.54, 1.807) is 36.9 Å². The molecule has 0 aliphatic carbocycles. The molecule has 2 heterocycles. The van der Waals surface area contributed by atoms with E-state index in [-0.39, 0.29) is 0 Å². The van der Waals surface area contributed by atoms with Crippen LogP contribution in [0.3, 0.4) is 0 Å². The Morgan fingerprint density at radius 3 is 2.65 bits per heavy atom. The molecule has 0 bridgehead atoms. The summed E-state index contributed by atoms with van der Waals surface area (Å²) in [5.41, 5.74) is 9.14. The number of pyridine rings is 1. The first kappa shape index (κ1) is 11.9. The van der Waals surface area contributed by atoms with Crippen LogP contribution in [0.25, 0.3) is 16.9 Å². The molecule has 0 radical (unpaired) electrons. The van der Waals surface area contributed by atoms with Crippen LogP contribution in [-0.4, -0.2) is 14.5 Å². The molecule has 0 spiro atoms. The monoisotopic (exact) mass is 261 g/mol. The lowest BCUT2D eigenvalue weighted by Crippen LogP contribution is -1.96. The molecule has 0 atom stereocenters. The molecule has 5 nitrogen and oxygen atoms in total. The van der Waals surface area contributed by atoms with Crippen molar-refractivity contribution in [2.45, 2.75) is 0 Å². The molecule has 96 valence electrons. The Labute approximate surface area is 116 Å². The maximum absolute atomic E-state index is 8.83. The molecule has 0 saturated heterocycles. The van der Waals surface area contributed by atoms with Gasteiger partial charge in [0.2, 0.25) is 0 Å². The largest absolute Gasteiger partial charge is 0.384 e. The summed E-state index contributed by atoms with van der Waals surface area (Å²) in [6.45, 7) is 0. The van der Waals surface area contributed by atoms with E-state index in [0.29, 0.717) is 11.4 Å². The zero-order valence-corrected chi connectivity index (χ0v) is 10.6. The average molecular weight is 261 g/mol. The zero-order chi connectivity index (χ0) is 13.9. The van der Waals surface area contributed by atoms with Crippen LogP contribution in [-0.2, 0) is 0 Å². The molecule has 0 saturated carbocycles. The van der Waals surface area contributed by atoms with Crippen LogP contribution >= 0.6 is 0 Å². The highest BCUT2D eigenvalue weighted by Crippen LogP contribution is 2.23. The van der Waals surface area contributed by atoms with Gasteiger partial charge in [0.15, 0.2) is 0 Å². The maximum atomic E-state index is 8.83. The quantitative estimate of drug-likeness (QED) is 0.768. The fraction of sp³-hybridized carbons (Fsp3) is 0. The van der Waals surface area contributed by atoms with Gasteiger partial charge in [-0.2, -0.15) is 5.26 Å². The van der Waals surface area contributed by atoms with Gasteiger partial charge < -0.3 is 5.73 Å². The topological polar surface area (TPSA) is 80.5 Å². The predicted molar refractivity (Wildman–Crippen MR) is 75.9 cm³/mol. The normalized spacial score (nSPS) is 10.2. The maximum Gasteiger partial charge on any atom is 0.123 e. The minimum atomic E-state index is 0.468. The average Bonchev–Trinajstić information content (AvgIpc) is 2.97. The van der Waals surface area contributed by atoms with Gasteiger partial charge in [-0.3, -0.25) is 4.57 Å². The molecule has 2 aromatic heterocycles. The predicted octanol–water partition coefficient (Wildman–Crippen LogP) is 2.39. The Morgan fingerprint density at radius 2 is 1.95 bits per heavy atom. The number of hydrogen-bond acceptors (Lipinski definition) is 4. The first-order valence-electron chi connectivity index (χ1n) is 6.03. The van der Waals surface area contributed by atoms with Crippen molar-refractivity contribution in [3.63, 3.8) is 0 Å². The van der Waals surface area contributed by atoms with Gasteiger partial charge >= 0.3 is 0 Å². The van der Waals surface area contributed by atoms with Crippen molar-refractivity contribution in [1.82, 2.24) is 14.5 Å². The van der Waals surface area contributed by atoms with Crippen LogP contribution in [0.5, 0.6) is 0 Å². The Bertz CT molecular complexity index is 781. The van der Waals surface area contributed by atoms with E-state index in [1.165, 1.54) is 0 Å². The highest BCUT2D eigenvalue weighted by molar-refractivity contribution is 5.64. The van der Waals surface area contributed by atoms with Crippen LogP contribution in [0.4, 0.5) is 5.82 Å². The van der Waals surface area contributed by atoms with Crippen molar-refractivity contribution in [3.05, 3.63) is 60.7 Å². The molecular formula is C15H11N5. The number of hydrogen-bond donors (Lipinski definition) is 1. The number of nitrogens with two attached hydrogens (primary N) is 1. The van der Waals surface area contributed by atoms with Crippen molar-refractivity contribution in [2.24, 2.45) is 0 Å². The number of nitrogens with zero attached hydrogens (tertiary/aromatic N) is 4. The van der Waals surface area contributed by atoms with Crippen molar-refractivity contribution in [3.8, 4) is 23.0 Å². The van der Waals surface area contributed by atoms with E-state index in [0.717, 1.165) is 16.9 Å². The Kier molecular flexibility index (Phi) is 2.90. The minimum absolute atomic E-state index is 0.468. The van der Waals surface area contributed by atoms with E-state index in [9.17, 15) is 0 Å². The first-order chi connectivity index (χ1) is 9.78. The van der Waals surface area contributed by atoms with Gasteiger partial charge in [0, 0.05) is 17.4 Å². The Morgan fingerprint density at radius 1 is 1.15 bits per heavy atom. The Hall–Kier alpha value is -3.13. The lowest BCUT2D eigenvalue weighted by Gasteiger charge is -2.08. The highest BCUT2D eigenvalue weighted by Gasteiger charge is 2.07. The molecule has 0 aliphatic heterocycles. The van der Waals surface area contributed by atoms with E-state index >= 15 is 0 Å². The van der Waals surface area contributed by atoms with Gasteiger partial charge in [-0.15, -0.1) is 0 Å². The van der Waals surface area contributed by atoms with Gasteiger partial charge in [0.05, 0.1) is 29.9 Å². The summed E-state index contributed by atoms with van der Waals surface area (Å²) in [7, 11) is 0. The molecule has 3 rings (SSSR count). The number of nitriles is 1. The summed E-state index contributed by atoms with van der Waals surface area (Å²) in [6, 6.07) is 13.1. The van der Waals surface area contributed by atoms with Crippen LogP contribution in [0.1, 0.15) is 5.56 Å². The molecule has 1 aromatic carbocycles. The van der Waals surface area contributed by atoms with Crippen molar-refractivity contribution in [1.29, 1.82) is 5.26 Å². The van der Waals surface area contributed by atoms with E-state index in [2.05, 4.69) is 16.0 Å². The van der Waals surface area contributed by atoms with Crippen LogP contribution < -0.4 is 5.73 Å². The summed E-state index contributed by atoms with van der Waals surface area (Å²) in [5.74, 6) is 0.468. The number of benzene rings is 1. The molecule has 0 amide bonds. The number of nitrogen functional groups attached to an aromatic ring is 1. The second-order valence-electron chi connectivity index (χ2n) is 4.28. The molecule has 0 unspecified atom stereocenters. The van der Waals surface area contributed by atoms with Gasteiger partial charge in [-0.25, -0.2) is 9.97 Å². The van der Waals surface area contributed by atoms with Crippen LogP contribution in [0, 0.1) is 11.3 Å². The van der Waals surface area contributed by atoms with Gasteiger partial charge in [0.25, 0.3) is 0 Å². The van der Waals surface area contributed by atoms with Crippen LogP contribution in [0.15, 0.2) is 55.1 Å². The first-order valence-corrected chi connectivity index (χ1v) is 6.03. The fourth-order valence-electron chi connectivity index (χ4n) is 2.02. The number of imidazole rings is 1. The minimum Gasteiger partial charge on any atom is -0.384 e. The van der Waals surface area contributed by atoms with Crippen molar-refractivity contribution < 1.29 is 0 Å². The second kappa shape index (κ2) is 4.86. The summed E-state index contributed by atoms with van der Waals surface area (Å²) >= 11 is 0. The molecule has 20 heavy (non-hydrogen) atoms. The molecule has 0 aliphatic rings. The Balaban J connectivity index is 2.08. The van der Waals surface area contributed by atoms with E-state index in [1.807, 2.05) is 22.8 Å². The molecule has 2 N–H and O–H groups in total. The lowest BCUT2D eigenvalue weighted by atomic mass is 10.2. The van der Waals surface area contributed by atoms with Crippen LogP contribution in [0.2, 0.25) is 0 Å². The van der Waals surface area contributed by atoms with Crippen molar-refractivity contribution >= 4 is 5.82 Å². The smallest absolute Gasteiger partial charge is 0.123 e. The molecule has 5 heteroatoms. The summed E-state index contributed by atoms with van der Waals surface area (Å²) in [6.07, 6.45) is 5.17. The lowest BCUT2D eigenvalue weighted by molar-refractivity contribution is 1.06. The number of aromatic nitrogens is 3. The van der Waals surface area contributed by atoms with Gasteiger partial charge in [-0.05, 0) is 36.4 Å². The fourth-order valence-corrected chi connectivity index (χ4v) is 2.02. The summed E-state index contributed by atoms with van der Waals surface area (Å²) in [4.78, 5) is 8.17. The summed E-state index contributed by atoms with van der Waals surface area (Å²) in [5, 5.41) is 8.83. The standard InChI is InChI=1S/C15H11N5/c16-8-11-1-3-13(4-2-11)20-10-18-9-14(20)12-5-6-19-15(17)7-12/h1-7,9-10H,(H2,17,19). The number of anilines is 1. The van der Waals surface area contributed by atoms with Gasteiger partial charge in [0.1, 0.15) is 5.82 Å².